The van der Waals surface area contributed by atoms with Crippen LogP contribution in [0.3, 0.4) is 0 Å². The summed E-state index contributed by atoms with van der Waals surface area (Å²) in [5.74, 6) is 2.33. The molecule has 1 N–H and O–H groups in total. The number of hydrogen-bond acceptors (Lipinski definition) is 5. The summed E-state index contributed by atoms with van der Waals surface area (Å²) in [5.41, 5.74) is 0. The number of nitrogens with zero attached hydrogens (tertiary/aromatic N) is 1. The SMILES string of the molecule is Cc1cc(NS(=O)(=O)c2ccc(SCC(C)C)cc2)no1. The standard InChI is InChI=1S/C14H18N2O3S2/c1-10(2)9-20-12-4-6-13(7-5-12)21(17,18)16-14-8-11(3)19-15-14/h4-8,10H,9H2,1-3H3,(H,15,16). The van der Waals surface area contributed by atoms with Crippen molar-refractivity contribution in [3.8, 4) is 0 Å². The lowest BCUT2D eigenvalue weighted by atomic mass is 10.3. The first-order valence-electron chi connectivity index (χ1n) is 6.56. The molecule has 114 valence electrons. The van der Waals surface area contributed by atoms with Crippen LogP contribution in [0.15, 0.2) is 44.6 Å². The van der Waals surface area contributed by atoms with Crippen LogP contribution in [0, 0.1) is 12.8 Å². The molecule has 0 spiro atoms. The Hall–Kier alpha value is -1.47. The van der Waals surface area contributed by atoms with Crippen LogP contribution in [-0.4, -0.2) is 19.3 Å². The first-order chi connectivity index (χ1) is 9.87. The van der Waals surface area contributed by atoms with E-state index in [2.05, 4.69) is 23.7 Å². The molecule has 21 heavy (non-hydrogen) atoms. The van der Waals surface area contributed by atoms with Gasteiger partial charge < -0.3 is 4.52 Å². The molecule has 2 rings (SSSR count). The topological polar surface area (TPSA) is 72.2 Å². The zero-order chi connectivity index (χ0) is 15.5. The summed E-state index contributed by atoms with van der Waals surface area (Å²) in [6.07, 6.45) is 0. The van der Waals surface area contributed by atoms with Crippen molar-refractivity contribution in [1.29, 1.82) is 0 Å². The number of aromatic nitrogens is 1. The molecule has 0 radical (unpaired) electrons. The number of aryl methyl sites for hydroxylation is 1. The van der Waals surface area contributed by atoms with E-state index >= 15 is 0 Å². The van der Waals surface area contributed by atoms with Crippen LogP contribution >= 0.6 is 11.8 Å². The number of benzene rings is 1. The van der Waals surface area contributed by atoms with Crippen molar-refractivity contribution in [3.05, 3.63) is 36.1 Å². The van der Waals surface area contributed by atoms with Gasteiger partial charge in [-0.25, -0.2) is 8.42 Å². The van der Waals surface area contributed by atoms with E-state index in [9.17, 15) is 8.42 Å². The van der Waals surface area contributed by atoms with E-state index in [-0.39, 0.29) is 10.7 Å². The van der Waals surface area contributed by atoms with E-state index in [1.807, 2.05) is 12.1 Å². The molecule has 0 aliphatic carbocycles. The van der Waals surface area contributed by atoms with E-state index in [1.54, 1.807) is 30.8 Å². The summed E-state index contributed by atoms with van der Waals surface area (Å²) in [4.78, 5) is 1.26. The molecule has 1 aromatic heterocycles. The van der Waals surface area contributed by atoms with Crippen molar-refractivity contribution in [2.45, 2.75) is 30.6 Å². The summed E-state index contributed by atoms with van der Waals surface area (Å²) < 4.78 is 31.6. The lowest BCUT2D eigenvalue weighted by Crippen LogP contribution is -2.13. The minimum atomic E-state index is -3.63. The maximum atomic E-state index is 12.2. The van der Waals surface area contributed by atoms with Crippen molar-refractivity contribution < 1.29 is 12.9 Å². The molecule has 0 bridgehead atoms. The fraction of sp³-hybridized carbons (Fsp3) is 0.357. The molecule has 0 amide bonds. The van der Waals surface area contributed by atoms with Gasteiger partial charge >= 0.3 is 0 Å². The first kappa shape index (κ1) is 15.9. The average molecular weight is 326 g/mol. The van der Waals surface area contributed by atoms with Crippen molar-refractivity contribution in [1.82, 2.24) is 5.16 Å². The Kier molecular flexibility index (Phi) is 4.95. The maximum Gasteiger partial charge on any atom is 0.263 e. The van der Waals surface area contributed by atoms with Gasteiger partial charge in [0, 0.05) is 16.7 Å². The van der Waals surface area contributed by atoms with Crippen LogP contribution in [0.2, 0.25) is 0 Å². The largest absolute Gasteiger partial charge is 0.360 e. The Morgan fingerprint density at radius 2 is 1.95 bits per heavy atom. The van der Waals surface area contributed by atoms with Crippen LogP contribution in [0.25, 0.3) is 0 Å². The molecule has 5 nitrogen and oxygen atoms in total. The van der Waals surface area contributed by atoms with Crippen LogP contribution in [0.4, 0.5) is 5.82 Å². The van der Waals surface area contributed by atoms with Gasteiger partial charge in [0.05, 0.1) is 4.90 Å². The van der Waals surface area contributed by atoms with Gasteiger partial charge in [0.15, 0.2) is 5.82 Å². The molecule has 0 aliphatic heterocycles. The van der Waals surface area contributed by atoms with Gasteiger partial charge in [0.25, 0.3) is 10.0 Å². The van der Waals surface area contributed by atoms with E-state index in [4.69, 9.17) is 4.52 Å². The smallest absolute Gasteiger partial charge is 0.263 e. The highest BCUT2D eigenvalue weighted by atomic mass is 32.2. The Morgan fingerprint density at radius 3 is 2.48 bits per heavy atom. The Labute approximate surface area is 129 Å². The van der Waals surface area contributed by atoms with Gasteiger partial charge in [-0.1, -0.05) is 19.0 Å². The van der Waals surface area contributed by atoms with E-state index in [0.29, 0.717) is 11.7 Å². The number of hydrogen-bond donors (Lipinski definition) is 1. The molecule has 2 aromatic rings. The molecular weight excluding hydrogens is 308 g/mol. The highest BCUT2D eigenvalue weighted by molar-refractivity contribution is 7.99. The monoisotopic (exact) mass is 326 g/mol. The molecule has 0 aliphatic rings. The third kappa shape index (κ3) is 4.50. The van der Waals surface area contributed by atoms with Gasteiger partial charge in [-0.15, -0.1) is 11.8 Å². The summed E-state index contributed by atoms with van der Waals surface area (Å²) in [6, 6.07) is 8.35. The molecule has 0 saturated carbocycles. The zero-order valence-corrected chi connectivity index (χ0v) is 13.8. The Bertz CT molecular complexity index is 691. The number of anilines is 1. The number of nitrogens with one attached hydrogen (secondary N) is 1. The van der Waals surface area contributed by atoms with E-state index < -0.39 is 10.0 Å². The molecule has 1 aromatic carbocycles. The van der Waals surface area contributed by atoms with Crippen LogP contribution in [0.1, 0.15) is 19.6 Å². The molecule has 1 heterocycles. The molecule has 0 unspecified atom stereocenters. The maximum absolute atomic E-state index is 12.2. The molecule has 7 heteroatoms. The first-order valence-corrected chi connectivity index (χ1v) is 9.03. The third-order valence-corrected chi connectivity index (χ3v) is 5.39. The predicted molar refractivity (Wildman–Crippen MR) is 84.1 cm³/mol. The van der Waals surface area contributed by atoms with Crippen molar-refractivity contribution in [2.24, 2.45) is 5.92 Å². The number of thioether (sulfide) groups is 1. The molecule has 0 fully saturated rings. The summed E-state index contributed by atoms with van der Waals surface area (Å²) in [7, 11) is -3.63. The third-order valence-electron chi connectivity index (χ3n) is 2.58. The van der Waals surface area contributed by atoms with Crippen LogP contribution in [-0.2, 0) is 10.0 Å². The lowest BCUT2D eigenvalue weighted by Gasteiger charge is -2.07. The van der Waals surface area contributed by atoms with Gasteiger partial charge in [0.2, 0.25) is 0 Å². The van der Waals surface area contributed by atoms with E-state index in [1.165, 1.54) is 6.07 Å². The summed E-state index contributed by atoms with van der Waals surface area (Å²) >= 11 is 1.71. The highest BCUT2D eigenvalue weighted by Gasteiger charge is 2.16. The zero-order valence-electron chi connectivity index (χ0n) is 12.2. The second-order valence-corrected chi connectivity index (χ2v) is 7.88. The van der Waals surface area contributed by atoms with Gasteiger partial charge in [-0.2, -0.15) is 0 Å². The van der Waals surface area contributed by atoms with Gasteiger partial charge in [-0.3, -0.25) is 4.72 Å². The van der Waals surface area contributed by atoms with Crippen LogP contribution in [0.5, 0.6) is 0 Å². The number of sulfonamides is 1. The van der Waals surface area contributed by atoms with Gasteiger partial charge in [0.1, 0.15) is 5.76 Å². The van der Waals surface area contributed by atoms with Crippen LogP contribution < -0.4 is 4.72 Å². The molecule has 0 saturated heterocycles. The minimum Gasteiger partial charge on any atom is -0.360 e. The quantitative estimate of drug-likeness (QED) is 0.822. The number of rotatable bonds is 6. The second kappa shape index (κ2) is 6.53. The Morgan fingerprint density at radius 1 is 1.29 bits per heavy atom. The summed E-state index contributed by atoms with van der Waals surface area (Å²) in [6.45, 7) is 6.00. The van der Waals surface area contributed by atoms with E-state index in [0.717, 1.165) is 10.6 Å². The molecular formula is C14H18N2O3S2. The normalized spacial score (nSPS) is 11.8. The van der Waals surface area contributed by atoms with Crippen molar-refractivity contribution in [3.63, 3.8) is 0 Å². The fourth-order valence-electron chi connectivity index (χ4n) is 1.59. The second-order valence-electron chi connectivity index (χ2n) is 5.10. The van der Waals surface area contributed by atoms with Crippen molar-refractivity contribution >= 4 is 27.6 Å². The Balaban J connectivity index is 2.09. The fourth-order valence-corrected chi connectivity index (χ4v) is 3.43. The van der Waals surface area contributed by atoms with Crippen molar-refractivity contribution in [2.75, 3.05) is 10.5 Å². The minimum absolute atomic E-state index is 0.186. The molecule has 0 atom stereocenters. The predicted octanol–water partition coefficient (Wildman–Crippen LogP) is 3.53. The highest BCUT2D eigenvalue weighted by Crippen LogP contribution is 2.23. The summed E-state index contributed by atoms with van der Waals surface area (Å²) in [5, 5.41) is 3.62. The lowest BCUT2D eigenvalue weighted by molar-refractivity contribution is 0.400. The van der Waals surface area contributed by atoms with Gasteiger partial charge in [-0.05, 0) is 37.1 Å². The average Bonchev–Trinajstić information content (AvgIpc) is 2.81.